The highest BCUT2D eigenvalue weighted by Crippen LogP contribution is 2.32. The zero-order valence-corrected chi connectivity index (χ0v) is 14.0. The highest BCUT2D eigenvalue weighted by molar-refractivity contribution is 7.09. The normalized spacial score (nSPS) is 21.9. The molecule has 0 unspecified atom stereocenters. The Hall–Kier alpha value is -0.490. The monoisotopic (exact) mass is 309 g/mol. The van der Waals surface area contributed by atoms with Crippen LogP contribution in [0.5, 0.6) is 0 Å². The Balaban J connectivity index is 1.56. The zero-order chi connectivity index (χ0) is 14.7. The summed E-state index contributed by atoms with van der Waals surface area (Å²) in [5.74, 6) is 0. The van der Waals surface area contributed by atoms with E-state index in [1.165, 1.54) is 31.4 Å². The summed E-state index contributed by atoms with van der Waals surface area (Å²) >= 11 is 1.74. The van der Waals surface area contributed by atoms with Gasteiger partial charge in [0.25, 0.3) is 0 Å². The van der Waals surface area contributed by atoms with Gasteiger partial charge in [-0.25, -0.2) is 4.98 Å². The van der Waals surface area contributed by atoms with Gasteiger partial charge in [0.05, 0.1) is 10.7 Å². The van der Waals surface area contributed by atoms with Crippen LogP contribution in [0.3, 0.4) is 0 Å². The van der Waals surface area contributed by atoms with E-state index in [2.05, 4.69) is 34.6 Å². The Morgan fingerprint density at radius 2 is 2.19 bits per heavy atom. The molecule has 2 fully saturated rings. The lowest BCUT2D eigenvalue weighted by atomic mass is 9.79. The summed E-state index contributed by atoms with van der Waals surface area (Å²) in [6.45, 7) is 7.13. The van der Waals surface area contributed by atoms with Crippen LogP contribution in [0, 0.1) is 12.3 Å². The van der Waals surface area contributed by atoms with E-state index in [-0.39, 0.29) is 0 Å². The predicted octanol–water partition coefficient (Wildman–Crippen LogP) is 2.43. The first-order valence-electron chi connectivity index (χ1n) is 8.06. The molecular formula is C16H27N3OS. The highest BCUT2D eigenvalue weighted by Gasteiger charge is 2.35. The van der Waals surface area contributed by atoms with Gasteiger partial charge in [-0.1, -0.05) is 0 Å². The molecule has 1 aromatic rings. The molecule has 0 spiro atoms. The molecule has 5 heteroatoms. The number of thiazole rings is 1. The SMILES string of the molecule is Cc1nc(CN(C)CC2(CNC3CC3)CCOCC2)cs1. The minimum atomic E-state index is 0.376. The fraction of sp³-hybridized carbons (Fsp3) is 0.812. The summed E-state index contributed by atoms with van der Waals surface area (Å²) in [4.78, 5) is 7.03. The first-order chi connectivity index (χ1) is 10.2. The van der Waals surface area contributed by atoms with E-state index in [0.717, 1.165) is 43.9 Å². The number of nitrogens with one attached hydrogen (secondary N) is 1. The average Bonchev–Trinajstić information content (AvgIpc) is 3.21. The lowest BCUT2D eigenvalue weighted by Crippen LogP contribution is -2.46. The van der Waals surface area contributed by atoms with Crippen LogP contribution >= 0.6 is 11.3 Å². The van der Waals surface area contributed by atoms with Crippen molar-refractivity contribution in [1.29, 1.82) is 0 Å². The van der Waals surface area contributed by atoms with Crippen molar-refractivity contribution in [1.82, 2.24) is 15.2 Å². The molecule has 2 aliphatic rings. The maximum Gasteiger partial charge on any atom is 0.0897 e. The van der Waals surface area contributed by atoms with Crippen LogP contribution in [0.2, 0.25) is 0 Å². The van der Waals surface area contributed by atoms with Gasteiger partial charge in [0, 0.05) is 44.3 Å². The second-order valence-corrected chi connectivity index (χ2v) is 7.86. The Labute approximate surface area is 131 Å². The zero-order valence-electron chi connectivity index (χ0n) is 13.2. The van der Waals surface area contributed by atoms with Crippen LogP contribution in [0.1, 0.15) is 36.4 Å². The van der Waals surface area contributed by atoms with Crippen molar-refractivity contribution in [3.05, 3.63) is 16.1 Å². The Kier molecular flexibility index (Phi) is 4.94. The molecule has 4 nitrogen and oxygen atoms in total. The van der Waals surface area contributed by atoms with Crippen molar-refractivity contribution in [2.75, 3.05) is 33.4 Å². The Morgan fingerprint density at radius 1 is 1.43 bits per heavy atom. The fourth-order valence-electron chi connectivity index (χ4n) is 3.23. The van der Waals surface area contributed by atoms with Crippen molar-refractivity contribution in [2.45, 2.75) is 45.2 Å². The number of hydrogen-bond acceptors (Lipinski definition) is 5. The van der Waals surface area contributed by atoms with E-state index < -0.39 is 0 Å². The first kappa shape index (κ1) is 15.4. The van der Waals surface area contributed by atoms with Gasteiger partial charge in [0.1, 0.15) is 0 Å². The maximum absolute atomic E-state index is 5.59. The van der Waals surface area contributed by atoms with E-state index in [4.69, 9.17) is 4.74 Å². The second kappa shape index (κ2) is 6.73. The lowest BCUT2D eigenvalue weighted by Gasteiger charge is -2.40. The van der Waals surface area contributed by atoms with Gasteiger partial charge >= 0.3 is 0 Å². The Bertz CT molecular complexity index is 452. The van der Waals surface area contributed by atoms with Gasteiger partial charge in [0.15, 0.2) is 0 Å². The quantitative estimate of drug-likeness (QED) is 0.839. The molecule has 0 bridgehead atoms. The maximum atomic E-state index is 5.59. The Morgan fingerprint density at radius 3 is 2.81 bits per heavy atom. The summed E-state index contributed by atoms with van der Waals surface area (Å²) < 4.78 is 5.59. The molecule has 2 heterocycles. The first-order valence-corrected chi connectivity index (χ1v) is 8.94. The third-order valence-electron chi connectivity index (χ3n) is 4.60. The largest absolute Gasteiger partial charge is 0.381 e. The van der Waals surface area contributed by atoms with Crippen LogP contribution in [0.25, 0.3) is 0 Å². The molecule has 1 saturated carbocycles. The van der Waals surface area contributed by atoms with Crippen LogP contribution in [-0.2, 0) is 11.3 Å². The third-order valence-corrected chi connectivity index (χ3v) is 5.42. The summed E-state index contributed by atoms with van der Waals surface area (Å²) in [6.07, 6.45) is 5.07. The number of hydrogen-bond donors (Lipinski definition) is 1. The second-order valence-electron chi connectivity index (χ2n) is 6.80. The van der Waals surface area contributed by atoms with E-state index in [1.54, 1.807) is 11.3 Å². The summed E-state index contributed by atoms with van der Waals surface area (Å²) in [5.41, 5.74) is 1.58. The van der Waals surface area contributed by atoms with Gasteiger partial charge in [-0.05, 0) is 45.1 Å². The topological polar surface area (TPSA) is 37.4 Å². The molecule has 1 aliphatic carbocycles. The molecule has 1 aromatic heterocycles. The number of rotatable bonds is 7. The summed E-state index contributed by atoms with van der Waals surface area (Å²) in [7, 11) is 2.23. The van der Waals surface area contributed by atoms with E-state index >= 15 is 0 Å². The minimum absolute atomic E-state index is 0.376. The van der Waals surface area contributed by atoms with Gasteiger partial charge in [0.2, 0.25) is 0 Å². The van der Waals surface area contributed by atoms with Gasteiger partial charge < -0.3 is 10.1 Å². The standard InChI is InChI=1S/C16H27N3OS/c1-13-18-15(10-21-13)9-19(2)12-16(5-7-20-8-6-16)11-17-14-3-4-14/h10,14,17H,3-9,11-12H2,1-2H3. The minimum Gasteiger partial charge on any atom is -0.381 e. The van der Waals surface area contributed by atoms with Gasteiger partial charge in [-0.2, -0.15) is 0 Å². The van der Waals surface area contributed by atoms with Crippen molar-refractivity contribution in [3.63, 3.8) is 0 Å². The molecule has 0 atom stereocenters. The highest BCUT2D eigenvalue weighted by atomic mass is 32.1. The van der Waals surface area contributed by atoms with E-state index in [0.29, 0.717) is 5.41 Å². The fourth-order valence-corrected chi connectivity index (χ4v) is 3.83. The average molecular weight is 309 g/mol. The molecule has 0 radical (unpaired) electrons. The van der Waals surface area contributed by atoms with Crippen molar-refractivity contribution < 1.29 is 4.74 Å². The molecule has 1 saturated heterocycles. The van der Waals surface area contributed by atoms with E-state index in [1.807, 2.05) is 0 Å². The molecule has 21 heavy (non-hydrogen) atoms. The van der Waals surface area contributed by atoms with Gasteiger partial charge in [-0.3, -0.25) is 4.90 Å². The number of aryl methyl sites for hydroxylation is 1. The lowest BCUT2D eigenvalue weighted by molar-refractivity contribution is -0.00194. The number of aromatic nitrogens is 1. The van der Waals surface area contributed by atoms with Crippen molar-refractivity contribution >= 4 is 11.3 Å². The molecule has 0 amide bonds. The molecule has 118 valence electrons. The van der Waals surface area contributed by atoms with Crippen LogP contribution in [-0.4, -0.2) is 49.3 Å². The molecule has 1 N–H and O–H groups in total. The van der Waals surface area contributed by atoms with Gasteiger partial charge in [-0.15, -0.1) is 11.3 Å². The summed E-state index contributed by atoms with van der Waals surface area (Å²) in [5, 5.41) is 7.09. The van der Waals surface area contributed by atoms with Crippen LogP contribution < -0.4 is 5.32 Å². The van der Waals surface area contributed by atoms with E-state index in [9.17, 15) is 0 Å². The van der Waals surface area contributed by atoms with Crippen LogP contribution in [0.15, 0.2) is 5.38 Å². The van der Waals surface area contributed by atoms with Crippen molar-refractivity contribution in [3.8, 4) is 0 Å². The van der Waals surface area contributed by atoms with Crippen molar-refractivity contribution in [2.24, 2.45) is 5.41 Å². The molecule has 1 aliphatic heterocycles. The number of ether oxygens (including phenoxy) is 1. The third kappa shape index (κ3) is 4.49. The predicted molar refractivity (Wildman–Crippen MR) is 86.7 cm³/mol. The number of nitrogens with zero attached hydrogens (tertiary/aromatic N) is 2. The van der Waals surface area contributed by atoms with Crippen LogP contribution in [0.4, 0.5) is 0 Å². The summed E-state index contributed by atoms with van der Waals surface area (Å²) in [6, 6.07) is 0.788. The molecular weight excluding hydrogens is 282 g/mol. The molecule has 0 aromatic carbocycles. The molecule has 3 rings (SSSR count). The smallest absolute Gasteiger partial charge is 0.0897 e.